The predicted molar refractivity (Wildman–Crippen MR) is 93.8 cm³/mol. The average Bonchev–Trinajstić information content (AvgIpc) is 2.88. The summed E-state index contributed by atoms with van der Waals surface area (Å²) in [6.45, 7) is 7.70. The van der Waals surface area contributed by atoms with Crippen molar-refractivity contribution < 1.29 is 14.3 Å². The van der Waals surface area contributed by atoms with Gasteiger partial charge in [0.25, 0.3) is 0 Å². The van der Waals surface area contributed by atoms with E-state index in [1.807, 2.05) is 37.4 Å². The number of hydrogen-bond acceptors (Lipinski definition) is 3. The van der Waals surface area contributed by atoms with Crippen LogP contribution >= 0.6 is 0 Å². The minimum absolute atomic E-state index is 0.228. The Morgan fingerprint density at radius 3 is 2.62 bits per heavy atom. The number of para-hydroxylation sites is 1. The third kappa shape index (κ3) is 4.75. The van der Waals surface area contributed by atoms with E-state index in [4.69, 9.17) is 4.74 Å². The van der Waals surface area contributed by atoms with Gasteiger partial charge >= 0.3 is 6.09 Å². The molecule has 24 heavy (non-hydrogen) atoms. The third-order valence-corrected chi connectivity index (χ3v) is 3.46. The number of nitrogens with one attached hydrogen (secondary N) is 3. The van der Waals surface area contributed by atoms with Crippen molar-refractivity contribution in [1.82, 2.24) is 15.6 Å². The lowest BCUT2D eigenvalue weighted by Gasteiger charge is -2.23. The highest BCUT2D eigenvalue weighted by molar-refractivity contribution is 5.88. The third-order valence-electron chi connectivity index (χ3n) is 3.46. The summed E-state index contributed by atoms with van der Waals surface area (Å²) in [6, 6.07) is 7.16. The van der Waals surface area contributed by atoms with Crippen LogP contribution in [0.3, 0.4) is 0 Å². The Balaban J connectivity index is 2.17. The number of hydrogen-bond donors (Lipinski definition) is 3. The standard InChI is InChI=1S/C18H25N3O3/c1-5-19-16(22)15(21-17(23)24-18(2,3)4)10-12-11-20-14-9-7-6-8-13(12)14/h6-9,11,15,20H,5,10H2,1-4H3,(H,19,22)(H,21,23)/t15-/m1/s1. The summed E-state index contributed by atoms with van der Waals surface area (Å²) >= 11 is 0. The number of aromatic nitrogens is 1. The molecule has 2 amide bonds. The van der Waals surface area contributed by atoms with Gasteiger partial charge in [0.15, 0.2) is 0 Å². The molecule has 0 aliphatic rings. The van der Waals surface area contributed by atoms with Gasteiger partial charge in [0.2, 0.25) is 5.91 Å². The van der Waals surface area contributed by atoms with Gasteiger partial charge in [-0.1, -0.05) is 18.2 Å². The van der Waals surface area contributed by atoms with Crippen LogP contribution in [0.15, 0.2) is 30.5 Å². The molecule has 0 saturated carbocycles. The Hall–Kier alpha value is -2.50. The molecule has 0 bridgehead atoms. The topological polar surface area (TPSA) is 83.2 Å². The summed E-state index contributed by atoms with van der Waals surface area (Å²) in [5.41, 5.74) is 1.36. The summed E-state index contributed by atoms with van der Waals surface area (Å²) in [7, 11) is 0. The maximum atomic E-state index is 12.3. The molecule has 0 unspecified atom stereocenters. The largest absolute Gasteiger partial charge is 0.444 e. The molecule has 1 atom stereocenters. The highest BCUT2D eigenvalue weighted by Gasteiger charge is 2.25. The summed E-state index contributed by atoms with van der Waals surface area (Å²) in [5, 5.41) is 6.47. The number of carbonyl (C=O) groups is 2. The first kappa shape index (κ1) is 17.8. The number of ether oxygens (including phenoxy) is 1. The Labute approximate surface area is 142 Å². The SMILES string of the molecule is CCNC(=O)[C@@H](Cc1c[nH]c2ccccc12)NC(=O)OC(C)(C)C. The van der Waals surface area contributed by atoms with Crippen LogP contribution in [0.25, 0.3) is 10.9 Å². The van der Waals surface area contributed by atoms with Crippen LogP contribution in [0.4, 0.5) is 4.79 Å². The molecule has 0 fully saturated rings. The van der Waals surface area contributed by atoms with E-state index < -0.39 is 17.7 Å². The number of aromatic amines is 1. The smallest absolute Gasteiger partial charge is 0.408 e. The lowest BCUT2D eigenvalue weighted by atomic mass is 10.0. The van der Waals surface area contributed by atoms with Gasteiger partial charge in [-0.25, -0.2) is 4.79 Å². The van der Waals surface area contributed by atoms with E-state index in [1.165, 1.54) is 0 Å². The molecule has 2 rings (SSSR count). The van der Waals surface area contributed by atoms with E-state index >= 15 is 0 Å². The molecule has 0 radical (unpaired) electrons. The van der Waals surface area contributed by atoms with E-state index in [2.05, 4.69) is 15.6 Å². The molecule has 6 heteroatoms. The number of alkyl carbamates (subject to hydrolysis) is 1. The fourth-order valence-corrected chi connectivity index (χ4v) is 2.48. The van der Waals surface area contributed by atoms with Crippen LogP contribution in [0.5, 0.6) is 0 Å². The molecule has 0 saturated heterocycles. The van der Waals surface area contributed by atoms with Crippen LogP contribution in [0, 0.1) is 0 Å². The lowest BCUT2D eigenvalue weighted by Crippen LogP contribution is -2.49. The number of rotatable bonds is 5. The van der Waals surface area contributed by atoms with Crippen LogP contribution in [-0.2, 0) is 16.0 Å². The van der Waals surface area contributed by atoms with Gasteiger partial charge in [-0.05, 0) is 39.3 Å². The number of benzene rings is 1. The first-order valence-electron chi connectivity index (χ1n) is 8.12. The van der Waals surface area contributed by atoms with Crippen molar-refractivity contribution in [1.29, 1.82) is 0 Å². The fraction of sp³-hybridized carbons (Fsp3) is 0.444. The Bertz CT molecular complexity index is 716. The molecular weight excluding hydrogens is 306 g/mol. The van der Waals surface area contributed by atoms with Crippen molar-refractivity contribution in [3.63, 3.8) is 0 Å². The molecule has 0 spiro atoms. The Morgan fingerprint density at radius 2 is 1.96 bits per heavy atom. The van der Waals surface area contributed by atoms with Crippen molar-refractivity contribution in [3.8, 4) is 0 Å². The second-order valence-corrected chi connectivity index (χ2v) is 6.66. The first-order valence-corrected chi connectivity index (χ1v) is 8.12. The molecule has 1 aromatic heterocycles. The van der Waals surface area contributed by atoms with Gasteiger partial charge in [0, 0.05) is 30.1 Å². The number of likely N-dealkylation sites (N-methyl/N-ethyl adjacent to an activating group) is 1. The number of fused-ring (bicyclic) bond motifs is 1. The minimum atomic E-state index is -0.695. The summed E-state index contributed by atoms with van der Waals surface area (Å²) in [6.07, 6.45) is 1.65. The number of amides is 2. The zero-order valence-corrected chi connectivity index (χ0v) is 14.6. The van der Waals surface area contributed by atoms with Crippen LogP contribution in [0.2, 0.25) is 0 Å². The number of carbonyl (C=O) groups excluding carboxylic acids is 2. The van der Waals surface area contributed by atoms with Crippen LogP contribution in [-0.4, -0.2) is 35.2 Å². The highest BCUT2D eigenvalue weighted by atomic mass is 16.6. The van der Waals surface area contributed by atoms with Crippen molar-refractivity contribution in [2.24, 2.45) is 0 Å². The van der Waals surface area contributed by atoms with E-state index in [0.29, 0.717) is 13.0 Å². The number of H-pyrrole nitrogens is 1. The van der Waals surface area contributed by atoms with E-state index in [-0.39, 0.29) is 5.91 Å². The molecule has 1 heterocycles. The zero-order chi connectivity index (χ0) is 17.7. The van der Waals surface area contributed by atoms with Crippen LogP contribution in [0.1, 0.15) is 33.3 Å². The van der Waals surface area contributed by atoms with Gasteiger partial charge < -0.3 is 20.4 Å². The Kier molecular flexibility index (Phi) is 5.49. The molecule has 3 N–H and O–H groups in total. The second-order valence-electron chi connectivity index (χ2n) is 6.66. The van der Waals surface area contributed by atoms with Gasteiger partial charge in [-0.3, -0.25) is 4.79 Å². The average molecular weight is 331 g/mol. The molecule has 6 nitrogen and oxygen atoms in total. The highest BCUT2D eigenvalue weighted by Crippen LogP contribution is 2.19. The summed E-state index contributed by atoms with van der Waals surface area (Å²) in [5.74, 6) is -0.228. The lowest BCUT2D eigenvalue weighted by molar-refractivity contribution is -0.123. The second kappa shape index (κ2) is 7.38. The zero-order valence-electron chi connectivity index (χ0n) is 14.6. The van der Waals surface area contributed by atoms with Crippen molar-refractivity contribution in [2.75, 3.05) is 6.54 Å². The maximum Gasteiger partial charge on any atom is 0.408 e. The van der Waals surface area contributed by atoms with Gasteiger partial charge in [0.1, 0.15) is 11.6 Å². The molecular formula is C18H25N3O3. The molecule has 130 valence electrons. The molecule has 1 aromatic carbocycles. The monoisotopic (exact) mass is 331 g/mol. The molecule has 0 aliphatic carbocycles. The predicted octanol–water partition coefficient (Wildman–Crippen LogP) is 2.74. The quantitative estimate of drug-likeness (QED) is 0.788. The van der Waals surface area contributed by atoms with Crippen molar-refractivity contribution in [3.05, 3.63) is 36.0 Å². The van der Waals surface area contributed by atoms with E-state index in [9.17, 15) is 9.59 Å². The van der Waals surface area contributed by atoms with Crippen molar-refractivity contribution >= 4 is 22.9 Å². The first-order chi connectivity index (χ1) is 11.3. The molecule has 0 aliphatic heterocycles. The van der Waals surface area contributed by atoms with E-state index in [1.54, 1.807) is 20.8 Å². The fourth-order valence-electron chi connectivity index (χ4n) is 2.48. The van der Waals surface area contributed by atoms with Gasteiger partial charge in [-0.2, -0.15) is 0 Å². The van der Waals surface area contributed by atoms with E-state index in [0.717, 1.165) is 16.5 Å². The normalized spacial score (nSPS) is 12.7. The summed E-state index contributed by atoms with van der Waals surface area (Å²) < 4.78 is 5.27. The van der Waals surface area contributed by atoms with Crippen LogP contribution < -0.4 is 10.6 Å². The van der Waals surface area contributed by atoms with Gasteiger partial charge in [0.05, 0.1) is 0 Å². The Morgan fingerprint density at radius 1 is 1.25 bits per heavy atom. The van der Waals surface area contributed by atoms with Gasteiger partial charge in [-0.15, -0.1) is 0 Å². The summed E-state index contributed by atoms with van der Waals surface area (Å²) in [4.78, 5) is 27.5. The minimum Gasteiger partial charge on any atom is -0.444 e. The van der Waals surface area contributed by atoms with Crippen molar-refractivity contribution in [2.45, 2.75) is 45.8 Å². The molecule has 2 aromatic rings. The maximum absolute atomic E-state index is 12.3.